The summed E-state index contributed by atoms with van der Waals surface area (Å²) in [4.78, 5) is 17.3. The quantitative estimate of drug-likeness (QED) is 0.467. The average molecular weight is 487 g/mol. The number of imidazole rings is 1. The maximum atomic E-state index is 13.0. The highest BCUT2D eigenvalue weighted by molar-refractivity contribution is 7.99. The Bertz CT molecular complexity index is 1200. The highest BCUT2D eigenvalue weighted by Gasteiger charge is 2.26. The van der Waals surface area contributed by atoms with Gasteiger partial charge in [-0.2, -0.15) is 4.31 Å². The van der Waals surface area contributed by atoms with Crippen LogP contribution in [0.5, 0.6) is 0 Å². The van der Waals surface area contributed by atoms with E-state index in [-0.39, 0.29) is 16.6 Å². The van der Waals surface area contributed by atoms with Crippen LogP contribution >= 0.6 is 11.8 Å². The van der Waals surface area contributed by atoms with Crippen LogP contribution in [0.3, 0.4) is 0 Å². The van der Waals surface area contributed by atoms with Crippen molar-refractivity contribution < 1.29 is 13.2 Å². The van der Waals surface area contributed by atoms with E-state index >= 15 is 0 Å². The highest BCUT2D eigenvalue weighted by atomic mass is 32.2. The van der Waals surface area contributed by atoms with Crippen LogP contribution in [0.15, 0.2) is 58.6 Å². The number of piperidine rings is 1. The smallest absolute Gasteiger partial charge is 0.243 e. The van der Waals surface area contributed by atoms with Crippen LogP contribution in [0.4, 0.5) is 0 Å². The fraction of sp³-hybridized carbons (Fsp3) is 0.417. The van der Waals surface area contributed by atoms with Crippen LogP contribution in [0.2, 0.25) is 0 Å². The minimum atomic E-state index is -3.51. The molecule has 1 amide bonds. The number of fused-ring (bicyclic) bond motifs is 1. The first-order chi connectivity index (χ1) is 16.0. The Kier molecular flexibility index (Phi) is 7.72. The van der Waals surface area contributed by atoms with E-state index in [9.17, 15) is 13.2 Å². The number of benzene rings is 2. The standard InChI is InChI=1S/C24H30N4O3S2/c1-2-28-22-12-11-20(33(30,31)27-15-7-4-8-16-27)17-21(22)26-24(28)32-18-23(29)25-14-13-19-9-5-3-6-10-19/h3,5-6,9-12,17H,2,4,7-8,13-16,18H2,1H3,(H,25,29). The zero-order chi connectivity index (χ0) is 23.3. The third-order valence-corrected chi connectivity index (χ3v) is 8.74. The number of carbonyl (C=O) groups is 1. The maximum absolute atomic E-state index is 13.0. The molecule has 0 spiro atoms. The third-order valence-electron chi connectivity index (χ3n) is 5.86. The van der Waals surface area contributed by atoms with E-state index in [2.05, 4.69) is 10.3 Å². The molecule has 0 unspecified atom stereocenters. The minimum absolute atomic E-state index is 0.0426. The molecule has 4 rings (SSSR count). The lowest BCUT2D eigenvalue weighted by Gasteiger charge is -2.25. The summed E-state index contributed by atoms with van der Waals surface area (Å²) in [5.74, 6) is 0.218. The van der Waals surface area contributed by atoms with Gasteiger partial charge in [-0.1, -0.05) is 48.5 Å². The van der Waals surface area contributed by atoms with Gasteiger partial charge in [0.2, 0.25) is 15.9 Å². The third kappa shape index (κ3) is 5.59. The Hall–Kier alpha value is -2.36. The second-order valence-corrected chi connectivity index (χ2v) is 11.0. The number of rotatable bonds is 9. The second kappa shape index (κ2) is 10.7. The summed E-state index contributed by atoms with van der Waals surface area (Å²) < 4.78 is 29.7. The van der Waals surface area contributed by atoms with Gasteiger partial charge < -0.3 is 9.88 Å². The zero-order valence-electron chi connectivity index (χ0n) is 18.9. The van der Waals surface area contributed by atoms with Gasteiger partial charge in [-0.25, -0.2) is 13.4 Å². The molecule has 0 radical (unpaired) electrons. The first-order valence-electron chi connectivity index (χ1n) is 11.4. The van der Waals surface area contributed by atoms with Crippen molar-refractivity contribution in [2.45, 2.75) is 49.2 Å². The highest BCUT2D eigenvalue weighted by Crippen LogP contribution is 2.28. The predicted molar refractivity (Wildman–Crippen MR) is 132 cm³/mol. The molecule has 2 heterocycles. The Labute approximate surface area is 199 Å². The van der Waals surface area contributed by atoms with Crippen molar-refractivity contribution in [3.63, 3.8) is 0 Å². The molecular weight excluding hydrogens is 456 g/mol. The summed E-state index contributed by atoms with van der Waals surface area (Å²) in [5, 5.41) is 3.68. The molecular formula is C24H30N4O3S2. The number of aromatic nitrogens is 2. The molecule has 1 saturated heterocycles. The van der Waals surface area contributed by atoms with E-state index in [4.69, 9.17) is 0 Å². The Morgan fingerprint density at radius 2 is 1.85 bits per heavy atom. The lowest BCUT2D eigenvalue weighted by atomic mass is 10.1. The van der Waals surface area contributed by atoms with Gasteiger partial charge >= 0.3 is 0 Å². The van der Waals surface area contributed by atoms with Crippen LogP contribution in [-0.4, -0.2) is 53.6 Å². The number of hydrogen-bond donors (Lipinski definition) is 1. The predicted octanol–water partition coefficient (Wildman–Crippen LogP) is 3.68. The fourth-order valence-corrected chi connectivity index (χ4v) is 6.54. The van der Waals surface area contributed by atoms with Crippen molar-refractivity contribution in [3.8, 4) is 0 Å². The van der Waals surface area contributed by atoms with Crippen LogP contribution in [0.1, 0.15) is 31.7 Å². The maximum Gasteiger partial charge on any atom is 0.243 e. The van der Waals surface area contributed by atoms with Gasteiger partial charge in [0.05, 0.1) is 21.7 Å². The van der Waals surface area contributed by atoms with Crippen molar-refractivity contribution in [3.05, 3.63) is 54.1 Å². The summed E-state index contributed by atoms with van der Waals surface area (Å²) >= 11 is 1.37. The number of nitrogens with zero attached hydrogens (tertiary/aromatic N) is 3. The van der Waals surface area contributed by atoms with Crippen molar-refractivity contribution in [2.24, 2.45) is 0 Å². The van der Waals surface area contributed by atoms with Crippen molar-refractivity contribution in [1.82, 2.24) is 19.2 Å². The first-order valence-corrected chi connectivity index (χ1v) is 13.9. The van der Waals surface area contributed by atoms with Gasteiger partial charge in [0, 0.05) is 26.2 Å². The molecule has 0 atom stereocenters. The van der Waals surface area contributed by atoms with E-state index in [0.29, 0.717) is 31.7 Å². The topological polar surface area (TPSA) is 84.3 Å². The molecule has 0 saturated carbocycles. The van der Waals surface area contributed by atoms with Crippen molar-refractivity contribution in [2.75, 3.05) is 25.4 Å². The molecule has 176 valence electrons. The molecule has 1 aromatic heterocycles. The lowest BCUT2D eigenvalue weighted by molar-refractivity contribution is -0.118. The van der Waals surface area contributed by atoms with Gasteiger partial charge in [0.25, 0.3) is 0 Å². The number of amides is 1. The molecule has 2 aromatic carbocycles. The number of aryl methyl sites for hydroxylation is 1. The number of thioether (sulfide) groups is 1. The fourth-order valence-electron chi connectivity index (χ4n) is 4.09. The molecule has 1 fully saturated rings. The molecule has 0 aliphatic carbocycles. The van der Waals surface area contributed by atoms with E-state index in [0.717, 1.165) is 36.4 Å². The summed E-state index contributed by atoms with van der Waals surface area (Å²) in [6, 6.07) is 15.2. The van der Waals surface area contributed by atoms with E-state index < -0.39 is 10.0 Å². The van der Waals surface area contributed by atoms with Gasteiger partial charge in [0.15, 0.2) is 5.16 Å². The zero-order valence-corrected chi connectivity index (χ0v) is 20.5. The van der Waals surface area contributed by atoms with E-state index in [1.165, 1.54) is 17.3 Å². The summed E-state index contributed by atoms with van der Waals surface area (Å²) in [7, 11) is -3.51. The van der Waals surface area contributed by atoms with Gasteiger partial charge in [0.1, 0.15) is 0 Å². The average Bonchev–Trinajstić information content (AvgIpc) is 3.20. The second-order valence-electron chi connectivity index (χ2n) is 8.13. The number of carbonyl (C=O) groups excluding carboxylic acids is 1. The molecule has 1 aliphatic rings. The monoisotopic (exact) mass is 486 g/mol. The number of nitrogens with one attached hydrogen (secondary N) is 1. The molecule has 9 heteroatoms. The largest absolute Gasteiger partial charge is 0.355 e. The Morgan fingerprint density at radius 1 is 1.09 bits per heavy atom. The lowest BCUT2D eigenvalue weighted by Crippen LogP contribution is -2.35. The molecule has 1 N–H and O–H groups in total. The SMILES string of the molecule is CCn1c(SCC(=O)NCCc2ccccc2)nc2cc(S(=O)(=O)N3CCCCC3)ccc21. The van der Waals surface area contributed by atoms with Crippen LogP contribution in [-0.2, 0) is 27.8 Å². The molecule has 7 nitrogen and oxygen atoms in total. The first kappa shape index (κ1) is 23.8. The van der Waals surface area contributed by atoms with Crippen molar-refractivity contribution >= 4 is 38.7 Å². The molecule has 0 bridgehead atoms. The summed E-state index contributed by atoms with van der Waals surface area (Å²) in [6.45, 7) is 4.44. The Balaban J connectivity index is 1.42. The molecule has 1 aliphatic heterocycles. The van der Waals surface area contributed by atoms with Gasteiger partial charge in [-0.15, -0.1) is 0 Å². The number of sulfonamides is 1. The van der Waals surface area contributed by atoms with Crippen LogP contribution < -0.4 is 5.32 Å². The molecule has 33 heavy (non-hydrogen) atoms. The van der Waals surface area contributed by atoms with Crippen LogP contribution in [0, 0.1) is 0 Å². The minimum Gasteiger partial charge on any atom is -0.355 e. The van der Waals surface area contributed by atoms with Gasteiger partial charge in [-0.05, 0) is 49.9 Å². The summed E-state index contributed by atoms with van der Waals surface area (Å²) in [6.07, 6.45) is 3.67. The van der Waals surface area contributed by atoms with E-state index in [1.807, 2.05) is 47.9 Å². The molecule has 3 aromatic rings. The Morgan fingerprint density at radius 3 is 2.58 bits per heavy atom. The van der Waals surface area contributed by atoms with Gasteiger partial charge in [-0.3, -0.25) is 4.79 Å². The van der Waals surface area contributed by atoms with E-state index in [1.54, 1.807) is 16.4 Å². The normalized spacial score (nSPS) is 15.1. The summed E-state index contributed by atoms with van der Waals surface area (Å²) in [5.41, 5.74) is 2.71. The van der Waals surface area contributed by atoms with Crippen LogP contribution in [0.25, 0.3) is 11.0 Å². The number of hydrogen-bond acceptors (Lipinski definition) is 5. The van der Waals surface area contributed by atoms with Crippen molar-refractivity contribution in [1.29, 1.82) is 0 Å².